The van der Waals surface area contributed by atoms with E-state index < -0.39 is 0 Å². The molecule has 0 aliphatic rings. The van der Waals surface area contributed by atoms with E-state index in [0.29, 0.717) is 0 Å². The number of para-hydroxylation sites is 2. The maximum absolute atomic E-state index is 3.53. The predicted octanol–water partition coefficient (Wildman–Crippen LogP) is 9.95. The van der Waals surface area contributed by atoms with Gasteiger partial charge in [-0.1, -0.05) is 76.6 Å². The maximum atomic E-state index is 3.53. The average molecular weight is 506 g/mol. The molecule has 0 N–H and O–H groups in total. The minimum Gasteiger partial charge on any atom is -0.310 e. The Morgan fingerprint density at radius 1 is 0.485 bits per heavy atom. The highest BCUT2D eigenvalue weighted by molar-refractivity contribution is 9.10. The first-order valence-electron chi connectivity index (χ1n) is 10.9. The van der Waals surface area contributed by atoms with Gasteiger partial charge in [0, 0.05) is 41.7 Å². The molecule has 0 aliphatic carbocycles. The van der Waals surface area contributed by atoms with Crippen LogP contribution >= 0.6 is 27.3 Å². The molecule has 1 aromatic heterocycles. The summed E-state index contributed by atoms with van der Waals surface area (Å²) in [5.74, 6) is 0. The molecule has 0 saturated heterocycles. The van der Waals surface area contributed by atoms with E-state index in [2.05, 4.69) is 142 Å². The smallest absolute Gasteiger partial charge is 0.0476 e. The van der Waals surface area contributed by atoms with Crippen LogP contribution in [0.25, 0.3) is 31.3 Å². The second-order valence-corrected chi connectivity index (χ2v) is 10.0. The van der Waals surface area contributed by atoms with Crippen LogP contribution in [-0.2, 0) is 0 Å². The Hall–Kier alpha value is -3.40. The van der Waals surface area contributed by atoms with Crippen molar-refractivity contribution in [1.29, 1.82) is 0 Å². The molecule has 1 heterocycles. The van der Waals surface area contributed by atoms with E-state index in [1.165, 1.54) is 37.0 Å². The SMILES string of the molecule is Brc1ccc(-c2ccc3sc4cc(N(c5ccccc5)c5ccccc5)ccc4c3c2)cc1. The van der Waals surface area contributed by atoms with Crippen molar-refractivity contribution < 1.29 is 0 Å². The van der Waals surface area contributed by atoms with Gasteiger partial charge in [-0.25, -0.2) is 0 Å². The van der Waals surface area contributed by atoms with Gasteiger partial charge in [0.05, 0.1) is 0 Å². The van der Waals surface area contributed by atoms with Crippen molar-refractivity contribution >= 4 is 64.5 Å². The zero-order valence-corrected chi connectivity index (χ0v) is 20.2. The highest BCUT2D eigenvalue weighted by Gasteiger charge is 2.14. The zero-order valence-electron chi connectivity index (χ0n) is 17.8. The average Bonchev–Trinajstić information content (AvgIpc) is 3.23. The van der Waals surface area contributed by atoms with E-state index in [-0.39, 0.29) is 0 Å². The fourth-order valence-electron chi connectivity index (χ4n) is 4.33. The molecule has 0 fully saturated rings. The van der Waals surface area contributed by atoms with E-state index in [1.54, 1.807) is 0 Å². The van der Waals surface area contributed by atoms with Crippen LogP contribution in [-0.4, -0.2) is 0 Å². The van der Waals surface area contributed by atoms with Crippen LogP contribution in [0, 0.1) is 0 Å². The van der Waals surface area contributed by atoms with Crippen LogP contribution in [0.4, 0.5) is 17.1 Å². The number of hydrogen-bond donors (Lipinski definition) is 0. The first-order chi connectivity index (χ1) is 16.3. The third-order valence-electron chi connectivity index (χ3n) is 5.92. The molecule has 0 unspecified atom stereocenters. The third-order valence-corrected chi connectivity index (χ3v) is 7.58. The Balaban J connectivity index is 1.48. The minimum absolute atomic E-state index is 1.10. The molecule has 0 saturated carbocycles. The number of anilines is 3. The minimum atomic E-state index is 1.10. The second kappa shape index (κ2) is 8.51. The van der Waals surface area contributed by atoms with Crippen molar-refractivity contribution in [2.45, 2.75) is 0 Å². The lowest BCUT2D eigenvalue weighted by Gasteiger charge is -2.25. The largest absolute Gasteiger partial charge is 0.310 e. The van der Waals surface area contributed by atoms with Gasteiger partial charge >= 0.3 is 0 Å². The number of nitrogens with zero attached hydrogens (tertiary/aromatic N) is 1. The van der Waals surface area contributed by atoms with E-state index in [1.807, 2.05) is 11.3 Å². The molecule has 1 nitrogen and oxygen atoms in total. The Labute approximate surface area is 205 Å². The first kappa shape index (κ1) is 20.2. The quantitative estimate of drug-likeness (QED) is 0.230. The molecule has 0 spiro atoms. The summed E-state index contributed by atoms with van der Waals surface area (Å²) in [5, 5.41) is 2.62. The van der Waals surface area contributed by atoms with E-state index in [4.69, 9.17) is 0 Å². The highest BCUT2D eigenvalue weighted by Crippen LogP contribution is 2.41. The number of benzene rings is 5. The van der Waals surface area contributed by atoms with Crippen LogP contribution in [0.2, 0.25) is 0 Å². The van der Waals surface area contributed by atoms with E-state index in [0.717, 1.165) is 15.8 Å². The monoisotopic (exact) mass is 505 g/mol. The Bertz CT molecular complexity index is 1510. The fourth-order valence-corrected chi connectivity index (χ4v) is 5.71. The van der Waals surface area contributed by atoms with Gasteiger partial charge in [-0.3, -0.25) is 0 Å². The summed E-state index contributed by atoms with van der Waals surface area (Å²) >= 11 is 5.39. The van der Waals surface area contributed by atoms with Gasteiger partial charge in [0.25, 0.3) is 0 Å². The summed E-state index contributed by atoms with van der Waals surface area (Å²) in [6.45, 7) is 0. The molecule has 0 bridgehead atoms. The van der Waals surface area contributed by atoms with Crippen molar-refractivity contribution in [3.63, 3.8) is 0 Å². The van der Waals surface area contributed by atoms with Crippen LogP contribution in [0.15, 0.2) is 126 Å². The predicted molar refractivity (Wildman–Crippen MR) is 147 cm³/mol. The van der Waals surface area contributed by atoms with Crippen LogP contribution < -0.4 is 4.90 Å². The van der Waals surface area contributed by atoms with Gasteiger partial charge in [-0.2, -0.15) is 0 Å². The summed E-state index contributed by atoms with van der Waals surface area (Å²) in [7, 11) is 0. The normalized spacial score (nSPS) is 11.2. The molecule has 158 valence electrons. The molecule has 6 rings (SSSR count). The molecule has 6 aromatic rings. The number of hydrogen-bond acceptors (Lipinski definition) is 2. The van der Waals surface area contributed by atoms with Crippen LogP contribution in [0.5, 0.6) is 0 Å². The molecular formula is C30H20BrNS. The molecule has 33 heavy (non-hydrogen) atoms. The first-order valence-corrected chi connectivity index (χ1v) is 12.5. The number of fused-ring (bicyclic) bond motifs is 3. The van der Waals surface area contributed by atoms with Gasteiger partial charge < -0.3 is 4.90 Å². The van der Waals surface area contributed by atoms with E-state index in [9.17, 15) is 0 Å². The van der Waals surface area contributed by atoms with Crippen molar-refractivity contribution in [3.05, 3.63) is 126 Å². The van der Waals surface area contributed by atoms with Gasteiger partial charge in [-0.05, 0) is 71.8 Å². The number of rotatable bonds is 4. The van der Waals surface area contributed by atoms with Crippen molar-refractivity contribution in [3.8, 4) is 11.1 Å². The molecular weight excluding hydrogens is 486 g/mol. The molecule has 0 amide bonds. The lowest BCUT2D eigenvalue weighted by Crippen LogP contribution is -2.09. The summed E-state index contributed by atoms with van der Waals surface area (Å²) in [4.78, 5) is 2.32. The molecule has 5 aromatic carbocycles. The van der Waals surface area contributed by atoms with Crippen LogP contribution in [0.3, 0.4) is 0 Å². The standard InChI is InChI=1S/C30H20BrNS/c31-23-14-11-21(12-15-23)22-13-18-29-28(19-22)27-17-16-26(20-30(27)33-29)32(24-7-3-1-4-8-24)25-9-5-2-6-10-25/h1-20H. The maximum Gasteiger partial charge on any atom is 0.0476 e. The molecule has 3 heteroatoms. The molecule has 0 atom stereocenters. The number of thiophene rings is 1. The lowest BCUT2D eigenvalue weighted by atomic mass is 10.0. The Morgan fingerprint density at radius 3 is 1.79 bits per heavy atom. The number of halogens is 1. The zero-order chi connectivity index (χ0) is 22.2. The van der Waals surface area contributed by atoms with Gasteiger partial charge in [0.1, 0.15) is 0 Å². The van der Waals surface area contributed by atoms with Crippen molar-refractivity contribution in [2.75, 3.05) is 4.90 Å². The lowest BCUT2D eigenvalue weighted by molar-refractivity contribution is 1.29. The molecule has 0 aliphatic heterocycles. The van der Waals surface area contributed by atoms with E-state index >= 15 is 0 Å². The molecule has 0 radical (unpaired) electrons. The topological polar surface area (TPSA) is 3.24 Å². The Morgan fingerprint density at radius 2 is 1.12 bits per heavy atom. The summed E-state index contributed by atoms with van der Waals surface area (Å²) in [6, 6.07) is 43.3. The Kier molecular flexibility index (Phi) is 5.21. The third kappa shape index (κ3) is 3.84. The van der Waals surface area contributed by atoms with Gasteiger partial charge in [0.2, 0.25) is 0 Å². The second-order valence-electron chi connectivity index (χ2n) is 8.01. The van der Waals surface area contributed by atoms with Crippen LogP contribution in [0.1, 0.15) is 0 Å². The van der Waals surface area contributed by atoms with Crippen molar-refractivity contribution in [1.82, 2.24) is 0 Å². The fraction of sp³-hybridized carbons (Fsp3) is 0. The van der Waals surface area contributed by atoms with Crippen molar-refractivity contribution in [2.24, 2.45) is 0 Å². The summed E-state index contributed by atoms with van der Waals surface area (Å²) in [5.41, 5.74) is 5.95. The highest BCUT2D eigenvalue weighted by atomic mass is 79.9. The van der Waals surface area contributed by atoms with Gasteiger partial charge in [-0.15, -0.1) is 11.3 Å². The summed E-state index contributed by atoms with van der Waals surface area (Å²) in [6.07, 6.45) is 0. The summed E-state index contributed by atoms with van der Waals surface area (Å²) < 4.78 is 3.71. The van der Waals surface area contributed by atoms with Gasteiger partial charge in [0.15, 0.2) is 0 Å².